The molecule has 0 aromatic heterocycles. The number of para-hydroxylation sites is 1. The maximum atomic E-state index is 12.7. The van der Waals surface area contributed by atoms with Gasteiger partial charge in [-0.05, 0) is 25.0 Å². The number of amides is 2. The number of rotatable bonds is 8. The first-order chi connectivity index (χ1) is 12.3. The predicted molar refractivity (Wildman–Crippen MR) is 103 cm³/mol. The number of likely N-dealkylation sites (N-methyl/N-ethyl adjacent to an activating group) is 1. The molecule has 1 aliphatic heterocycles. The number of hydrogen-bond acceptors (Lipinski definition) is 4. The van der Waals surface area contributed by atoms with Gasteiger partial charge in [0.15, 0.2) is 9.84 Å². The van der Waals surface area contributed by atoms with Crippen LogP contribution in [0.5, 0.6) is 0 Å². The summed E-state index contributed by atoms with van der Waals surface area (Å²) in [7, 11) is -1.97. The Morgan fingerprint density at radius 1 is 1.31 bits per heavy atom. The van der Waals surface area contributed by atoms with Gasteiger partial charge >= 0.3 is 0 Å². The molecular formula is C18H25ClN2O4S. The SMILES string of the molecule is CCCCCS(=O)(=O)CC(=O)N(C)C1CCN(c2ccccc2Cl)C1=O. The van der Waals surface area contributed by atoms with Crippen LogP contribution < -0.4 is 4.90 Å². The molecule has 8 heteroatoms. The van der Waals surface area contributed by atoms with Crippen LogP contribution in [0.3, 0.4) is 0 Å². The number of nitrogens with zero attached hydrogens (tertiary/aromatic N) is 2. The minimum absolute atomic E-state index is 0.00474. The summed E-state index contributed by atoms with van der Waals surface area (Å²) >= 11 is 6.15. The van der Waals surface area contributed by atoms with Gasteiger partial charge in [0.1, 0.15) is 11.8 Å². The van der Waals surface area contributed by atoms with Gasteiger partial charge in [0.25, 0.3) is 0 Å². The Bertz CT molecular complexity index is 766. The smallest absolute Gasteiger partial charge is 0.249 e. The second-order valence-corrected chi connectivity index (χ2v) is 9.14. The van der Waals surface area contributed by atoms with Gasteiger partial charge in [-0.2, -0.15) is 0 Å². The van der Waals surface area contributed by atoms with E-state index >= 15 is 0 Å². The van der Waals surface area contributed by atoms with Gasteiger partial charge in [0, 0.05) is 13.6 Å². The third kappa shape index (κ3) is 4.98. The van der Waals surface area contributed by atoms with Crippen LogP contribution >= 0.6 is 11.6 Å². The molecule has 2 amide bonds. The summed E-state index contributed by atoms with van der Waals surface area (Å²) in [6, 6.07) is 6.37. The summed E-state index contributed by atoms with van der Waals surface area (Å²) in [6.45, 7) is 2.43. The lowest BCUT2D eigenvalue weighted by atomic mass is 10.2. The average molecular weight is 401 g/mol. The molecule has 0 N–H and O–H groups in total. The molecule has 0 aliphatic carbocycles. The zero-order valence-corrected chi connectivity index (χ0v) is 16.7. The standard InChI is InChI=1S/C18H25ClN2O4S/c1-3-4-7-12-26(24,25)13-17(22)20(2)16-10-11-21(18(16)23)15-9-6-5-8-14(15)19/h5-6,8-9,16H,3-4,7,10-13H2,1-2H3. The summed E-state index contributed by atoms with van der Waals surface area (Å²) < 4.78 is 24.2. The largest absolute Gasteiger partial charge is 0.333 e. The molecule has 1 aromatic carbocycles. The Morgan fingerprint density at radius 3 is 2.65 bits per heavy atom. The summed E-state index contributed by atoms with van der Waals surface area (Å²) in [4.78, 5) is 27.9. The maximum absolute atomic E-state index is 12.7. The second-order valence-electron chi connectivity index (χ2n) is 6.55. The molecule has 0 bridgehead atoms. The van der Waals surface area contributed by atoms with E-state index < -0.39 is 27.5 Å². The fourth-order valence-corrected chi connectivity index (χ4v) is 4.65. The summed E-state index contributed by atoms with van der Waals surface area (Å²) in [6.07, 6.45) is 2.73. The highest BCUT2D eigenvalue weighted by atomic mass is 35.5. The van der Waals surface area contributed by atoms with Crippen LogP contribution in [0, 0.1) is 0 Å². The third-order valence-corrected chi connectivity index (χ3v) is 6.50. The average Bonchev–Trinajstić information content (AvgIpc) is 2.95. The second kappa shape index (κ2) is 8.86. The molecule has 0 spiro atoms. The lowest BCUT2D eigenvalue weighted by molar-refractivity contribution is -0.134. The number of anilines is 1. The number of benzene rings is 1. The molecule has 0 saturated carbocycles. The van der Waals surface area contributed by atoms with E-state index in [9.17, 15) is 18.0 Å². The van der Waals surface area contributed by atoms with Crippen molar-refractivity contribution in [3.63, 3.8) is 0 Å². The van der Waals surface area contributed by atoms with Gasteiger partial charge in [-0.25, -0.2) is 8.42 Å². The van der Waals surface area contributed by atoms with Gasteiger partial charge < -0.3 is 9.80 Å². The third-order valence-electron chi connectivity index (χ3n) is 4.58. The molecule has 6 nitrogen and oxygen atoms in total. The molecule has 1 saturated heterocycles. The first-order valence-electron chi connectivity index (χ1n) is 8.79. The Balaban J connectivity index is 2.01. The van der Waals surface area contributed by atoms with Crippen LogP contribution in [-0.2, 0) is 19.4 Å². The molecule has 1 aromatic rings. The van der Waals surface area contributed by atoms with Gasteiger partial charge in [0.2, 0.25) is 11.8 Å². The summed E-state index contributed by atoms with van der Waals surface area (Å²) in [5, 5.41) is 0.467. The van der Waals surface area contributed by atoms with Crippen LogP contribution in [0.1, 0.15) is 32.6 Å². The highest BCUT2D eigenvalue weighted by Gasteiger charge is 2.38. The number of hydrogen-bond donors (Lipinski definition) is 0. The van der Waals surface area contributed by atoms with Crippen molar-refractivity contribution < 1.29 is 18.0 Å². The number of sulfone groups is 1. The minimum Gasteiger partial charge on any atom is -0.333 e. The van der Waals surface area contributed by atoms with Crippen LogP contribution in [0.2, 0.25) is 5.02 Å². The summed E-state index contributed by atoms with van der Waals surface area (Å²) in [5.74, 6) is -1.33. The van der Waals surface area contributed by atoms with Crippen molar-refractivity contribution in [2.24, 2.45) is 0 Å². The number of carbonyl (C=O) groups is 2. The molecular weight excluding hydrogens is 376 g/mol. The molecule has 0 radical (unpaired) electrons. The van der Waals surface area contributed by atoms with E-state index in [0.29, 0.717) is 30.1 Å². The molecule has 2 rings (SSSR count). The topological polar surface area (TPSA) is 74.8 Å². The van der Waals surface area contributed by atoms with Gasteiger partial charge in [-0.3, -0.25) is 9.59 Å². The molecule has 144 valence electrons. The van der Waals surface area contributed by atoms with E-state index in [1.165, 1.54) is 11.9 Å². The molecule has 1 unspecified atom stereocenters. The van der Waals surface area contributed by atoms with Crippen molar-refractivity contribution in [2.45, 2.75) is 38.6 Å². The zero-order valence-electron chi connectivity index (χ0n) is 15.2. The van der Waals surface area contributed by atoms with E-state index in [1.54, 1.807) is 29.2 Å². The Kier molecular flexibility index (Phi) is 7.06. The van der Waals surface area contributed by atoms with Crippen LogP contribution in [-0.4, -0.2) is 56.3 Å². The normalized spacial score (nSPS) is 17.6. The molecule has 1 atom stereocenters. The van der Waals surface area contributed by atoms with Crippen LogP contribution in [0.25, 0.3) is 0 Å². The van der Waals surface area contributed by atoms with E-state index in [4.69, 9.17) is 11.6 Å². The monoisotopic (exact) mass is 400 g/mol. The Morgan fingerprint density at radius 2 is 2.00 bits per heavy atom. The lowest BCUT2D eigenvalue weighted by Crippen LogP contribution is -2.45. The zero-order chi connectivity index (χ0) is 19.3. The van der Waals surface area contributed by atoms with Crippen molar-refractivity contribution in [2.75, 3.05) is 30.0 Å². The van der Waals surface area contributed by atoms with E-state index in [2.05, 4.69) is 0 Å². The van der Waals surface area contributed by atoms with Crippen LogP contribution in [0.4, 0.5) is 5.69 Å². The number of unbranched alkanes of at least 4 members (excludes halogenated alkanes) is 2. The molecule has 26 heavy (non-hydrogen) atoms. The Labute approximate surface area is 160 Å². The van der Waals surface area contributed by atoms with Crippen molar-refractivity contribution in [1.29, 1.82) is 0 Å². The highest BCUT2D eigenvalue weighted by Crippen LogP contribution is 2.30. The molecule has 1 fully saturated rings. The Hall–Kier alpha value is -1.60. The highest BCUT2D eigenvalue weighted by molar-refractivity contribution is 7.92. The fraction of sp³-hybridized carbons (Fsp3) is 0.556. The van der Waals surface area contributed by atoms with E-state index in [-0.39, 0.29) is 11.7 Å². The van der Waals surface area contributed by atoms with Crippen molar-refractivity contribution >= 4 is 38.9 Å². The summed E-state index contributed by atoms with van der Waals surface area (Å²) in [5.41, 5.74) is 0.606. The maximum Gasteiger partial charge on any atom is 0.249 e. The van der Waals surface area contributed by atoms with Gasteiger partial charge in [-0.1, -0.05) is 43.5 Å². The molecule has 1 aliphatic rings. The predicted octanol–water partition coefficient (Wildman–Crippen LogP) is 2.51. The fourth-order valence-electron chi connectivity index (χ4n) is 3.04. The van der Waals surface area contributed by atoms with E-state index in [0.717, 1.165) is 12.8 Å². The number of carbonyl (C=O) groups excluding carboxylic acids is 2. The van der Waals surface area contributed by atoms with Crippen molar-refractivity contribution in [1.82, 2.24) is 4.90 Å². The number of halogens is 1. The van der Waals surface area contributed by atoms with E-state index in [1.807, 2.05) is 6.92 Å². The lowest BCUT2D eigenvalue weighted by Gasteiger charge is -2.24. The first-order valence-corrected chi connectivity index (χ1v) is 11.0. The van der Waals surface area contributed by atoms with Gasteiger partial charge in [0.05, 0.1) is 16.5 Å². The van der Waals surface area contributed by atoms with Gasteiger partial charge in [-0.15, -0.1) is 0 Å². The first kappa shape index (κ1) is 20.7. The minimum atomic E-state index is -3.45. The quantitative estimate of drug-likeness (QED) is 0.628. The van der Waals surface area contributed by atoms with Crippen LogP contribution in [0.15, 0.2) is 24.3 Å². The van der Waals surface area contributed by atoms with Crippen molar-refractivity contribution in [3.8, 4) is 0 Å². The van der Waals surface area contributed by atoms with Crippen molar-refractivity contribution in [3.05, 3.63) is 29.3 Å². The molecule has 1 heterocycles.